The summed E-state index contributed by atoms with van der Waals surface area (Å²) >= 11 is 0. The van der Waals surface area contributed by atoms with E-state index in [2.05, 4.69) is 15.0 Å². The fraction of sp³-hybridized carbons (Fsp3) is 0.318. The maximum absolute atomic E-state index is 13.0. The molecule has 0 bridgehead atoms. The van der Waals surface area contributed by atoms with Crippen LogP contribution in [0.15, 0.2) is 53.1 Å². The smallest absolute Gasteiger partial charge is 0.241 e. The van der Waals surface area contributed by atoms with Crippen LogP contribution in [0.3, 0.4) is 0 Å². The summed E-state index contributed by atoms with van der Waals surface area (Å²) in [5, 5.41) is 4.08. The summed E-state index contributed by atoms with van der Waals surface area (Å²) in [7, 11) is 0. The molecular weight excluding hydrogens is 370 g/mol. The summed E-state index contributed by atoms with van der Waals surface area (Å²) in [4.78, 5) is 19.7. The van der Waals surface area contributed by atoms with Crippen LogP contribution in [0.25, 0.3) is 11.4 Å². The van der Waals surface area contributed by atoms with Gasteiger partial charge in [0.2, 0.25) is 18.5 Å². The summed E-state index contributed by atoms with van der Waals surface area (Å²) in [5.74, 6) is 2.58. The number of ketones is 1. The fourth-order valence-corrected chi connectivity index (χ4v) is 3.91. The minimum atomic E-state index is -0.0550. The average Bonchev–Trinajstić information content (AvgIpc) is 3.43. The number of aromatic nitrogens is 2. The van der Waals surface area contributed by atoms with Gasteiger partial charge in [-0.05, 0) is 37.6 Å². The third-order valence-electron chi connectivity index (χ3n) is 5.39. The largest absolute Gasteiger partial charge is 0.454 e. The van der Waals surface area contributed by atoms with Crippen molar-refractivity contribution < 1.29 is 18.8 Å². The van der Waals surface area contributed by atoms with Gasteiger partial charge in [0, 0.05) is 23.6 Å². The van der Waals surface area contributed by atoms with Crippen LogP contribution in [0.5, 0.6) is 11.5 Å². The second kappa shape index (κ2) is 7.67. The van der Waals surface area contributed by atoms with Gasteiger partial charge in [0.25, 0.3) is 0 Å². The third-order valence-corrected chi connectivity index (χ3v) is 5.39. The summed E-state index contributed by atoms with van der Waals surface area (Å²) in [6.45, 7) is 2.34. The van der Waals surface area contributed by atoms with Crippen molar-refractivity contribution in [2.45, 2.75) is 19.4 Å². The van der Waals surface area contributed by atoms with Crippen molar-refractivity contribution in [3.63, 3.8) is 0 Å². The minimum Gasteiger partial charge on any atom is -0.454 e. The molecule has 1 aromatic heterocycles. The molecule has 2 aliphatic heterocycles. The molecule has 0 radical (unpaired) electrons. The van der Waals surface area contributed by atoms with Gasteiger partial charge in [-0.2, -0.15) is 4.98 Å². The zero-order chi connectivity index (χ0) is 19.6. The highest BCUT2D eigenvalue weighted by atomic mass is 16.7. The van der Waals surface area contributed by atoms with Crippen molar-refractivity contribution in [2.24, 2.45) is 5.92 Å². The van der Waals surface area contributed by atoms with Crippen molar-refractivity contribution >= 4 is 5.78 Å². The number of nitrogens with zero attached hydrogens (tertiary/aromatic N) is 3. The molecule has 3 aromatic rings. The Morgan fingerprint density at radius 1 is 1.10 bits per heavy atom. The maximum atomic E-state index is 13.0. The first-order valence-corrected chi connectivity index (χ1v) is 9.80. The molecular formula is C22H21N3O4. The predicted molar refractivity (Wildman–Crippen MR) is 105 cm³/mol. The normalized spacial score (nSPS) is 18.7. The lowest BCUT2D eigenvalue weighted by Crippen LogP contribution is -2.38. The van der Waals surface area contributed by atoms with Crippen LogP contribution < -0.4 is 9.47 Å². The van der Waals surface area contributed by atoms with Crippen LogP contribution in [0.1, 0.15) is 29.1 Å². The Morgan fingerprint density at radius 3 is 2.86 bits per heavy atom. The third kappa shape index (κ3) is 3.73. The number of Topliss-reactive ketones (excluding diaryl/α,β-unsaturated/α-hetero) is 1. The van der Waals surface area contributed by atoms with Gasteiger partial charge in [0.05, 0.1) is 6.54 Å². The molecule has 2 aliphatic rings. The Bertz CT molecular complexity index is 1020. The van der Waals surface area contributed by atoms with Crippen molar-refractivity contribution in [3.8, 4) is 22.9 Å². The molecule has 148 valence electrons. The Morgan fingerprint density at radius 2 is 1.97 bits per heavy atom. The molecule has 0 N–H and O–H groups in total. The lowest BCUT2D eigenvalue weighted by molar-refractivity contribution is 0.0796. The molecule has 3 heterocycles. The fourth-order valence-electron chi connectivity index (χ4n) is 3.91. The predicted octanol–water partition coefficient (Wildman–Crippen LogP) is 3.56. The van der Waals surface area contributed by atoms with Gasteiger partial charge in [-0.1, -0.05) is 35.5 Å². The minimum absolute atomic E-state index is 0.0550. The van der Waals surface area contributed by atoms with Gasteiger partial charge in [0.1, 0.15) is 0 Å². The van der Waals surface area contributed by atoms with Crippen LogP contribution >= 0.6 is 0 Å². The summed E-state index contributed by atoms with van der Waals surface area (Å²) in [5.41, 5.74) is 1.60. The Labute approximate surface area is 168 Å². The number of rotatable bonds is 5. The lowest BCUT2D eigenvalue weighted by Gasteiger charge is -2.30. The molecule has 7 heteroatoms. The van der Waals surface area contributed by atoms with E-state index >= 15 is 0 Å². The monoisotopic (exact) mass is 391 g/mol. The molecule has 0 amide bonds. The van der Waals surface area contributed by atoms with Gasteiger partial charge >= 0.3 is 0 Å². The highest BCUT2D eigenvalue weighted by Crippen LogP contribution is 2.34. The number of ether oxygens (including phenoxy) is 2. The summed E-state index contributed by atoms with van der Waals surface area (Å²) in [6.07, 6.45) is 1.84. The average molecular weight is 391 g/mol. The van der Waals surface area contributed by atoms with E-state index < -0.39 is 0 Å². The number of likely N-dealkylation sites (tertiary alicyclic amines) is 1. The number of carbonyl (C=O) groups is 1. The summed E-state index contributed by atoms with van der Waals surface area (Å²) < 4.78 is 16.2. The maximum Gasteiger partial charge on any atom is 0.241 e. The number of carbonyl (C=O) groups excluding carboxylic acids is 1. The van der Waals surface area contributed by atoms with Crippen molar-refractivity contribution in [2.75, 3.05) is 19.9 Å². The number of fused-ring (bicyclic) bond motifs is 1. The molecule has 7 nitrogen and oxygen atoms in total. The molecule has 0 aliphatic carbocycles. The molecule has 1 saturated heterocycles. The molecule has 5 rings (SSSR count). The first-order valence-electron chi connectivity index (χ1n) is 9.80. The number of piperidine rings is 1. The van der Waals surface area contributed by atoms with Crippen LogP contribution in [0.4, 0.5) is 0 Å². The van der Waals surface area contributed by atoms with Gasteiger partial charge in [-0.3, -0.25) is 9.69 Å². The summed E-state index contributed by atoms with van der Waals surface area (Å²) in [6, 6.07) is 15.2. The van der Waals surface area contributed by atoms with Crippen LogP contribution in [0.2, 0.25) is 0 Å². The highest BCUT2D eigenvalue weighted by Gasteiger charge is 2.28. The van der Waals surface area contributed by atoms with Crippen molar-refractivity contribution in [1.82, 2.24) is 15.0 Å². The Kier molecular flexibility index (Phi) is 4.73. The lowest BCUT2D eigenvalue weighted by atomic mass is 9.90. The Balaban J connectivity index is 1.25. The van der Waals surface area contributed by atoms with E-state index in [4.69, 9.17) is 14.0 Å². The molecule has 29 heavy (non-hydrogen) atoms. The molecule has 1 atom stereocenters. The SMILES string of the molecule is O=C(c1ccc2c(c1)OCO2)C1CCCN(Cc2nc(-c3ccccc3)no2)C1. The molecule has 0 saturated carbocycles. The van der Waals surface area contributed by atoms with Crippen molar-refractivity contribution in [3.05, 3.63) is 60.0 Å². The van der Waals surface area contributed by atoms with Crippen LogP contribution in [-0.4, -0.2) is 40.7 Å². The quantitative estimate of drug-likeness (QED) is 0.616. The van der Waals surface area contributed by atoms with Gasteiger partial charge in [-0.25, -0.2) is 0 Å². The van der Waals surface area contributed by atoms with E-state index in [0.717, 1.165) is 24.9 Å². The topological polar surface area (TPSA) is 77.7 Å². The van der Waals surface area contributed by atoms with Gasteiger partial charge in [0.15, 0.2) is 17.3 Å². The van der Waals surface area contributed by atoms with E-state index in [0.29, 0.717) is 41.9 Å². The van der Waals surface area contributed by atoms with E-state index in [9.17, 15) is 4.79 Å². The molecule has 2 aromatic carbocycles. The molecule has 1 unspecified atom stereocenters. The first-order chi connectivity index (χ1) is 14.3. The number of hydrogen-bond donors (Lipinski definition) is 0. The van der Waals surface area contributed by atoms with E-state index in [1.54, 1.807) is 12.1 Å². The van der Waals surface area contributed by atoms with Gasteiger partial charge < -0.3 is 14.0 Å². The van der Waals surface area contributed by atoms with Crippen LogP contribution in [0, 0.1) is 5.92 Å². The number of hydrogen-bond acceptors (Lipinski definition) is 7. The second-order valence-corrected chi connectivity index (χ2v) is 7.38. The van der Waals surface area contributed by atoms with E-state index in [-0.39, 0.29) is 18.5 Å². The van der Waals surface area contributed by atoms with E-state index in [1.165, 1.54) is 0 Å². The first kappa shape index (κ1) is 17.9. The molecule has 0 spiro atoms. The van der Waals surface area contributed by atoms with Crippen LogP contribution in [-0.2, 0) is 6.54 Å². The van der Waals surface area contributed by atoms with Gasteiger partial charge in [-0.15, -0.1) is 0 Å². The van der Waals surface area contributed by atoms with Crippen molar-refractivity contribution in [1.29, 1.82) is 0 Å². The second-order valence-electron chi connectivity index (χ2n) is 7.38. The standard InChI is InChI=1S/C22H21N3O4/c26-21(16-8-9-18-19(11-16)28-14-27-18)17-7-4-10-25(12-17)13-20-23-22(24-29-20)15-5-2-1-3-6-15/h1-3,5-6,8-9,11,17H,4,7,10,12-14H2. The Hall–Kier alpha value is -3.19. The highest BCUT2D eigenvalue weighted by molar-refractivity contribution is 5.98. The number of benzene rings is 2. The zero-order valence-electron chi connectivity index (χ0n) is 15.9. The zero-order valence-corrected chi connectivity index (χ0v) is 15.9. The van der Waals surface area contributed by atoms with E-state index in [1.807, 2.05) is 36.4 Å². The molecule has 1 fully saturated rings.